The Kier molecular flexibility index (Phi) is 6.82. The van der Waals surface area contributed by atoms with Crippen LogP contribution in [-0.2, 0) is 32.5 Å². The first kappa shape index (κ1) is 26.8. The molecule has 0 unspecified atom stereocenters. The van der Waals surface area contributed by atoms with Crippen LogP contribution in [0, 0.1) is 17.8 Å². The third kappa shape index (κ3) is 4.50. The van der Waals surface area contributed by atoms with Gasteiger partial charge in [0.25, 0.3) is 0 Å². The molecule has 6 rings (SSSR count). The van der Waals surface area contributed by atoms with E-state index in [-0.39, 0.29) is 28.8 Å². The lowest BCUT2D eigenvalue weighted by molar-refractivity contribution is -0.130. The Morgan fingerprint density at radius 2 is 2.00 bits per heavy atom. The fraction of sp³-hybridized carbons (Fsp3) is 0.625. The first-order chi connectivity index (χ1) is 18.6. The van der Waals surface area contributed by atoms with Crippen molar-refractivity contribution in [1.82, 2.24) is 0 Å². The van der Waals surface area contributed by atoms with Crippen LogP contribution in [0.15, 0.2) is 18.2 Å². The van der Waals surface area contributed by atoms with Crippen molar-refractivity contribution in [3.63, 3.8) is 0 Å². The summed E-state index contributed by atoms with van der Waals surface area (Å²) in [5.74, 6) is 2.12. The van der Waals surface area contributed by atoms with Crippen molar-refractivity contribution in [3.05, 3.63) is 45.3 Å². The van der Waals surface area contributed by atoms with Gasteiger partial charge in [0.05, 0.1) is 24.9 Å². The number of aryl methyl sites for hydroxylation is 1. The minimum atomic E-state index is -0.315. The standard InChI is InChI=1S/C32H41NO5S/c1-6-37-30(35)26-27-25(39-29(26)33-28(34)19-12-14-38-31(2,3)17-19)16-24-23-9-7-18-15-20(36-5)8-10-21(18)22(23)11-13-32(24,27)4/h8,10,15,19,22-24H,6-7,9,11-14,16-17H2,1-5H3,(H,33,34)/t19-,22-,23-,24-,32+/m0/s1. The normalized spacial score (nSPS) is 30.4. The smallest absolute Gasteiger partial charge is 0.341 e. The fourth-order valence-corrected chi connectivity index (χ4v) is 9.66. The van der Waals surface area contributed by atoms with Gasteiger partial charge in [0.1, 0.15) is 10.8 Å². The third-order valence-electron chi connectivity index (χ3n) is 10.1. The summed E-state index contributed by atoms with van der Waals surface area (Å²) in [6, 6.07) is 6.61. The van der Waals surface area contributed by atoms with E-state index in [1.807, 2.05) is 20.8 Å². The van der Waals surface area contributed by atoms with E-state index in [0.29, 0.717) is 54.4 Å². The lowest BCUT2D eigenvalue weighted by Crippen LogP contribution is -2.43. The van der Waals surface area contributed by atoms with E-state index in [1.54, 1.807) is 18.4 Å². The van der Waals surface area contributed by atoms with Gasteiger partial charge >= 0.3 is 5.97 Å². The molecule has 1 amide bonds. The Morgan fingerprint density at radius 1 is 1.18 bits per heavy atom. The number of thiophene rings is 1. The number of nitrogens with one attached hydrogen (secondary N) is 1. The number of anilines is 1. The van der Waals surface area contributed by atoms with Crippen molar-refractivity contribution >= 4 is 28.2 Å². The quantitative estimate of drug-likeness (QED) is 0.422. The summed E-state index contributed by atoms with van der Waals surface area (Å²) in [4.78, 5) is 28.1. The molecular formula is C32H41NO5S. The first-order valence-electron chi connectivity index (χ1n) is 14.6. The molecule has 6 nitrogen and oxygen atoms in total. The van der Waals surface area contributed by atoms with Gasteiger partial charge in [0.15, 0.2) is 0 Å². The fourth-order valence-electron chi connectivity index (χ4n) is 8.27. The van der Waals surface area contributed by atoms with E-state index in [9.17, 15) is 9.59 Å². The van der Waals surface area contributed by atoms with Crippen LogP contribution >= 0.6 is 11.3 Å². The Labute approximate surface area is 235 Å². The molecule has 1 N–H and O–H groups in total. The molecule has 0 spiro atoms. The Morgan fingerprint density at radius 3 is 2.74 bits per heavy atom. The molecule has 1 aromatic carbocycles. The summed E-state index contributed by atoms with van der Waals surface area (Å²) in [5, 5.41) is 3.87. The highest BCUT2D eigenvalue weighted by Crippen LogP contribution is 2.63. The van der Waals surface area contributed by atoms with Gasteiger partial charge in [0.2, 0.25) is 5.91 Å². The molecule has 2 aromatic rings. The van der Waals surface area contributed by atoms with Crippen molar-refractivity contribution in [2.75, 3.05) is 25.6 Å². The molecule has 5 atom stereocenters. The van der Waals surface area contributed by atoms with Gasteiger partial charge in [-0.1, -0.05) is 13.0 Å². The Bertz CT molecular complexity index is 1300. The molecule has 1 aliphatic heterocycles. The number of carbonyl (C=O) groups is 2. The second kappa shape index (κ2) is 9.91. The number of methoxy groups -OCH3 is 1. The summed E-state index contributed by atoms with van der Waals surface area (Å²) >= 11 is 1.61. The van der Waals surface area contributed by atoms with Gasteiger partial charge in [0, 0.05) is 17.4 Å². The second-order valence-electron chi connectivity index (χ2n) is 12.8. The summed E-state index contributed by atoms with van der Waals surface area (Å²) in [6.07, 6.45) is 6.71. The van der Waals surface area contributed by atoms with E-state index in [1.165, 1.54) is 16.0 Å². The summed E-state index contributed by atoms with van der Waals surface area (Å²) < 4.78 is 16.9. The zero-order valence-corrected chi connectivity index (χ0v) is 24.7. The Balaban J connectivity index is 1.31. The lowest BCUT2D eigenvalue weighted by atomic mass is 9.54. The molecule has 4 aliphatic rings. The highest BCUT2D eigenvalue weighted by Gasteiger charge is 2.55. The number of fused-ring (bicyclic) bond motifs is 7. The van der Waals surface area contributed by atoms with Crippen molar-refractivity contribution < 1.29 is 23.8 Å². The summed E-state index contributed by atoms with van der Waals surface area (Å²) in [5.41, 5.74) is 4.27. The maximum Gasteiger partial charge on any atom is 0.341 e. The van der Waals surface area contributed by atoms with Gasteiger partial charge in [-0.05, 0) is 118 Å². The molecule has 39 heavy (non-hydrogen) atoms. The van der Waals surface area contributed by atoms with Crippen molar-refractivity contribution in [3.8, 4) is 5.75 Å². The third-order valence-corrected chi connectivity index (χ3v) is 11.2. The topological polar surface area (TPSA) is 73.9 Å². The van der Waals surface area contributed by atoms with Crippen LogP contribution in [0.25, 0.3) is 0 Å². The van der Waals surface area contributed by atoms with Crippen LogP contribution in [0.1, 0.15) is 97.6 Å². The van der Waals surface area contributed by atoms with Gasteiger partial charge < -0.3 is 19.5 Å². The molecule has 7 heteroatoms. The number of carbonyl (C=O) groups excluding carboxylic acids is 2. The van der Waals surface area contributed by atoms with Crippen molar-refractivity contribution in [1.29, 1.82) is 0 Å². The molecule has 1 saturated heterocycles. The highest BCUT2D eigenvalue weighted by atomic mass is 32.1. The molecule has 1 aromatic heterocycles. The van der Waals surface area contributed by atoms with Crippen LogP contribution in [-0.4, -0.2) is 37.8 Å². The largest absolute Gasteiger partial charge is 0.497 e. The molecule has 1 saturated carbocycles. The molecular weight excluding hydrogens is 510 g/mol. The van der Waals surface area contributed by atoms with Crippen LogP contribution in [0.2, 0.25) is 0 Å². The maximum atomic E-state index is 13.5. The molecule has 0 bridgehead atoms. The number of benzene rings is 1. The highest BCUT2D eigenvalue weighted by molar-refractivity contribution is 7.17. The molecule has 3 aliphatic carbocycles. The van der Waals surface area contributed by atoms with E-state index in [2.05, 4.69) is 30.4 Å². The molecule has 210 valence electrons. The molecule has 2 heterocycles. The Hall–Kier alpha value is -2.38. The van der Waals surface area contributed by atoms with Crippen molar-refractivity contribution in [2.45, 2.75) is 89.6 Å². The second-order valence-corrected chi connectivity index (χ2v) is 13.9. The van der Waals surface area contributed by atoms with E-state index < -0.39 is 0 Å². The van der Waals surface area contributed by atoms with E-state index in [4.69, 9.17) is 14.2 Å². The van der Waals surface area contributed by atoms with Gasteiger partial charge in [-0.3, -0.25) is 4.79 Å². The summed E-state index contributed by atoms with van der Waals surface area (Å²) in [6.45, 7) is 9.18. The van der Waals surface area contributed by atoms with Crippen LogP contribution in [0.3, 0.4) is 0 Å². The predicted molar refractivity (Wildman–Crippen MR) is 153 cm³/mol. The molecule has 0 radical (unpaired) electrons. The average Bonchev–Trinajstić information content (AvgIpc) is 3.41. The average molecular weight is 552 g/mol. The molecule has 2 fully saturated rings. The number of ether oxygens (including phenoxy) is 3. The zero-order chi connectivity index (χ0) is 27.5. The van der Waals surface area contributed by atoms with E-state index >= 15 is 0 Å². The SMILES string of the molecule is CCOC(=O)c1c(NC(=O)[C@H]2CCOC(C)(C)C2)sc2c1[C@]1(C)CC[C@H]3c4ccc(OC)cc4CC[C@@H]3[C@@H]1C2. The predicted octanol–water partition coefficient (Wildman–Crippen LogP) is 6.65. The van der Waals surface area contributed by atoms with Gasteiger partial charge in [-0.25, -0.2) is 4.79 Å². The van der Waals surface area contributed by atoms with Crippen molar-refractivity contribution in [2.24, 2.45) is 17.8 Å². The number of hydrogen-bond donors (Lipinski definition) is 1. The number of amides is 1. The van der Waals surface area contributed by atoms with E-state index in [0.717, 1.165) is 43.4 Å². The van der Waals surface area contributed by atoms with Crippen LogP contribution in [0.5, 0.6) is 5.75 Å². The maximum absolute atomic E-state index is 13.5. The minimum absolute atomic E-state index is 0.0124. The monoisotopic (exact) mass is 551 g/mol. The first-order valence-corrected chi connectivity index (χ1v) is 15.4. The van der Waals surface area contributed by atoms with Gasteiger partial charge in [-0.15, -0.1) is 11.3 Å². The summed E-state index contributed by atoms with van der Waals surface area (Å²) in [7, 11) is 1.73. The number of hydrogen-bond acceptors (Lipinski definition) is 6. The van der Waals surface area contributed by atoms with Gasteiger partial charge in [-0.2, -0.15) is 0 Å². The number of rotatable bonds is 5. The number of esters is 1. The minimum Gasteiger partial charge on any atom is -0.497 e. The van der Waals surface area contributed by atoms with Crippen LogP contribution in [0.4, 0.5) is 5.00 Å². The lowest BCUT2D eigenvalue weighted by Gasteiger charge is -2.49. The van der Waals surface area contributed by atoms with Crippen LogP contribution < -0.4 is 10.1 Å². The zero-order valence-electron chi connectivity index (χ0n) is 23.9.